The molecule has 156 valence electrons. The Hall–Kier alpha value is -3.82. The lowest BCUT2D eigenvalue weighted by Crippen LogP contribution is -2.41. The molecule has 1 aromatic carbocycles. The van der Waals surface area contributed by atoms with E-state index in [2.05, 4.69) is 25.3 Å². The number of hydrogen-bond acceptors (Lipinski definition) is 8. The minimum absolute atomic E-state index is 0.0516. The van der Waals surface area contributed by atoms with Crippen LogP contribution in [0.15, 0.2) is 58.5 Å². The van der Waals surface area contributed by atoms with Crippen molar-refractivity contribution < 1.29 is 9.15 Å². The molecule has 1 fully saturated rings. The zero-order valence-corrected chi connectivity index (χ0v) is 16.5. The van der Waals surface area contributed by atoms with Crippen LogP contribution in [-0.4, -0.2) is 40.6 Å². The molecular formula is C21H19N7O3. The summed E-state index contributed by atoms with van der Waals surface area (Å²) in [6, 6.07) is 7.50. The normalized spacial score (nSPS) is 22.1. The van der Waals surface area contributed by atoms with E-state index in [0.717, 1.165) is 48.5 Å². The SMILES string of the molecule is O=c1n(C2CC(Oc3ccc(-c4nnco4)cc3)C2)nc2n1[C@H](c1cnccn1)CC2. The van der Waals surface area contributed by atoms with E-state index in [0.29, 0.717) is 5.89 Å². The fourth-order valence-corrected chi connectivity index (χ4v) is 4.32. The van der Waals surface area contributed by atoms with E-state index in [4.69, 9.17) is 9.15 Å². The van der Waals surface area contributed by atoms with Gasteiger partial charge in [-0.1, -0.05) is 0 Å². The minimum Gasteiger partial charge on any atom is -0.490 e. The highest BCUT2D eigenvalue weighted by atomic mass is 16.5. The summed E-state index contributed by atoms with van der Waals surface area (Å²) in [6.07, 6.45) is 9.46. The van der Waals surface area contributed by atoms with Crippen molar-refractivity contribution in [2.75, 3.05) is 0 Å². The summed E-state index contributed by atoms with van der Waals surface area (Å²) < 4.78 is 14.6. The Kier molecular flexibility index (Phi) is 4.15. The van der Waals surface area contributed by atoms with Crippen molar-refractivity contribution in [3.63, 3.8) is 0 Å². The van der Waals surface area contributed by atoms with Gasteiger partial charge in [0.15, 0.2) is 0 Å². The third-order valence-corrected chi connectivity index (χ3v) is 5.96. The van der Waals surface area contributed by atoms with Gasteiger partial charge in [0.05, 0.1) is 24.0 Å². The van der Waals surface area contributed by atoms with Crippen molar-refractivity contribution in [3.8, 4) is 17.2 Å². The van der Waals surface area contributed by atoms with Crippen LogP contribution in [0.3, 0.4) is 0 Å². The highest BCUT2D eigenvalue weighted by Gasteiger charge is 2.38. The summed E-state index contributed by atoms with van der Waals surface area (Å²) in [5, 5.41) is 12.2. The number of rotatable bonds is 5. The zero-order valence-electron chi connectivity index (χ0n) is 16.5. The lowest BCUT2D eigenvalue weighted by molar-refractivity contribution is 0.0623. The Morgan fingerprint density at radius 1 is 1.13 bits per heavy atom. The van der Waals surface area contributed by atoms with Gasteiger partial charge in [0.1, 0.15) is 17.7 Å². The van der Waals surface area contributed by atoms with Crippen molar-refractivity contribution in [1.82, 2.24) is 34.5 Å². The van der Waals surface area contributed by atoms with Crippen molar-refractivity contribution in [1.29, 1.82) is 0 Å². The molecule has 31 heavy (non-hydrogen) atoms. The molecule has 4 aromatic rings. The van der Waals surface area contributed by atoms with Crippen LogP contribution in [0.2, 0.25) is 0 Å². The van der Waals surface area contributed by atoms with Gasteiger partial charge < -0.3 is 9.15 Å². The van der Waals surface area contributed by atoms with E-state index in [1.807, 2.05) is 24.3 Å². The number of fused-ring (bicyclic) bond motifs is 1. The third kappa shape index (κ3) is 3.11. The van der Waals surface area contributed by atoms with Gasteiger partial charge in [-0.3, -0.25) is 14.5 Å². The van der Waals surface area contributed by atoms with Crippen molar-refractivity contribution in [3.05, 3.63) is 71.3 Å². The number of nitrogens with zero attached hydrogens (tertiary/aromatic N) is 7. The topological polar surface area (TPSA) is 114 Å². The van der Waals surface area contributed by atoms with Gasteiger partial charge >= 0.3 is 5.69 Å². The first-order valence-corrected chi connectivity index (χ1v) is 10.3. The van der Waals surface area contributed by atoms with E-state index in [1.54, 1.807) is 27.8 Å². The van der Waals surface area contributed by atoms with Gasteiger partial charge in [-0.2, -0.15) is 5.10 Å². The summed E-state index contributed by atoms with van der Waals surface area (Å²) in [6.45, 7) is 0. The number of benzene rings is 1. The van der Waals surface area contributed by atoms with E-state index in [-0.39, 0.29) is 23.9 Å². The van der Waals surface area contributed by atoms with Crippen molar-refractivity contribution >= 4 is 0 Å². The lowest BCUT2D eigenvalue weighted by Gasteiger charge is -2.34. The third-order valence-electron chi connectivity index (χ3n) is 5.96. The van der Waals surface area contributed by atoms with E-state index in [9.17, 15) is 4.79 Å². The highest BCUT2D eigenvalue weighted by Crippen LogP contribution is 2.36. The molecule has 0 amide bonds. The Morgan fingerprint density at radius 2 is 2.00 bits per heavy atom. The molecule has 0 spiro atoms. The molecule has 10 nitrogen and oxygen atoms in total. The maximum atomic E-state index is 13.0. The molecule has 0 N–H and O–H groups in total. The lowest BCUT2D eigenvalue weighted by atomic mass is 9.89. The Balaban J connectivity index is 1.13. The van der Waals surface area contributed by atoms with Gasteiger partial charge in [0, 0.05) is 37.2 Å². The fraction of sp³-hybridized carbons (Fsp3) is 0.333. The van der Waals surface area contributed by atoms with Crippen LogP contribution in [0.4, 0.5) is 0 Å². The first kappa shape index (κ1) is 18.0. The first-order valence-electron chi connectivity index (χ1n) is 10.3. The van der Waals surface area contributed by atoms with Crippen LogP contribution in [0.1, 0.15) is 42.9 Å². The molecule has 3 aromatic heterocycles. The smallest absolute Gasteiger partial charge is 0.346 e. The summed E-state index contributed by atoms with van der Waals surface area (Å²) in [7, 11) is 0. The standard InChI is InChI=1S/C21H19N7O3/c29-21-27-18(17-11-22-7-8-23-17)5-6-19(27)26-28(21)14-9-16(10-14)31-15-3-1-13(2-4-15)20-25-24-12-30-20/h1-4,7-8,11-12,14,16,18H,5-6,9-10H2/t14?,16?,18-/m0/s1. The maximum absolute atomic E-state index is 13.0. The number of aromatic nitrogens is 7. The molecule has 1 aliphatic carbocycles. The number of hydrogen-bond donors (Lipinski definition) is 0. The van der Waals surface area contributed by atoms with Gasteiger partial charge in [-0.05, 0) is 30.7 Å². The molecule has 0 saturated heterocycles. The fourth-order valence-electron chi connectivity index (χ4n) is 4.32. The maximum Gasteiger partial charge on any atom is 0.346 e. The summed E-state index contributed by atoms with van der Waals surface area (Å²) in [5.41, 5.74) is 1.57. The monoisotopic (exact) mass is 417 g/mol. The average Bonchev–Trinajstić information content (AvgIpc) is 3.51. The molecular weight excluding hydrogens is 398 g/mol. The molecule has 0 bridgehead atoms. The first-order chi connectivity index (χ1) is 15.3. The van der Waals surface area contributed by atoms with Crippen LogP contribution in [-0.2, 0) is 6.42 Å². The van der Waals surface area contributed by atoms with Gasteiger partial charge in [0.25, 0.3) is 0 Å². The molecule has 4 heterocycles. The van der Waals surface area contributed by atoms with Crippen LogP contribution in [0.5, 0.6) is 5.75 Å². The Bertz CT molecular complexity index is 1240. The van der Waals surface area contributed by atoms with Crippen molar-refractivity contribution in [2.45, 2.75) is 43.9 Å². The Morgan fingerprint density at radius 3 is 2.74 bits per heavy atom. The van der Waals surface area contributed by atoms with Crippen LogP contribution in [0.25, 0.3) is 11.5 Å². The summed E-state index contributed by atoms with van der Waals surface area (Å²) >= 11 is 0. The van der Waals surface area contributed by atoms with Crippen LogP contribution < -0.4 is 10.4 Å². The number of aryl methyl sites for hydroxylation is 1. The molecule has 10 heteroatoms. The second kappa shape index (κ2) is 7.15. The number of ether oxygens (including phenoxy) is 1. The largest absolute Gasteiger partial charge is 0.490 e. The predicted molar refractivity (Wildman–Crippen MR) is 107 cm³/mol. The quantitative estimate of drug-likeness (QED) is 0.486. The average molecular weight is 417 g/mol. The van der Waals surface area contributed by atoms with Crippen LogP contribution in [0, 0.1) is 0 Å². The second-order valence-electron chi connectivity index (χ2n) is 7.83. The molecule has 1 atom stereocenters. The predicted octanol–water partition coefficient (Wildman–Crippen LogP) is 2.20. The van der Waals surface area contributed by atoms with Gasteiger partial charge in [0.2, 0.25) is 12.3 Å². The van der Waals surface area contributed by atoms with Gasteiger partial charge in [-0.15, -0.1) is 10.2 Å². The molecule has 1 saturated carbocycles. The van der Waals surface area contributed by atoms with Gasteiger partial charge in [-0.25, -0.2) is 9.48 Å². The zero-order chi connectivity index (χ0) is 20.8. The minimum atomic E-state index is -0.0885. The second-order valence-corrected chi connectivity index (χ2v) is 7.83. The molecule has 2 aliphatic rings. The Labute approximate surface area is 176 Å². The van der Waals surface area contributed by atoms with Crippen LogP contribution >= 0.6 is 0 Å². The van der Waals surface area contributed by atoms with E-state index < -0.39 is 0 Å². The molecule has 0 radical (unpaired) electrons. The van der Waals surface area contributed by atoms with E-state index >= 15 is 0 Å². The van der Waals surface area contributed by atoms with E-state index in [1.165, 1.54) is 6.39 Å². The highest BCUT2D eigenvalue weighted by molar-refractivity contribution is 5.53. The van der Waals surface area contributed by atoms with Crippen molar-refractivity contribution in [2.24, 2.45) is 0 Å². The molecule has 0 unspecified atom stereocenters. The molecule has 6 rings (SSSR count). The molecule has 1 aliphatic heterocycles. The summed E-state index contributed by atoms with van der Waals surface area (Å²) in [5.74, 6) is 2.07. The summed E-state index contributed by atoms with van der Waals surface area (Å²) in [4.78, 5) is 21.6.